The molecule has 1 fully saturated rings. The van der Waals surface area contributed by atoms with E-state index < -0.39 is 12.8 Å². The highest BCUT2D eigenvalue weighted by atomic mass is 19.4. The summed E-state index contributed by atoms with van der Waals surface area (Å²) < 4.78 is 40.1. The Morgan fingerprint density at radius 3 is 2.60 bits per heavy atom. The lowest BCUT2D eigenvalue weighted by Crippen LogP contribution is -2.42. The van der Waals surface area contributed by atoms with Crippen LogP contribution in [0.25, 0.3) is 0 Å². The van der Waals surface area contributed by atoms with Crippen LogP contribution in [0.2, 0.25) is 0 Å². The Balaban J connectivity index is 2.17. The lowest BCUT2D eigenvalue weighted by Gasteiger charge is -2.16. The number of guanidine groups is 1. The van der Waals surface area contributed by atoms with Gasteiger partial charge in [0.25, 0.3) is 0 Å². The fourth-order valence-electron chi connectivity index (χ4n) is 2.13. The summed E-state index contributed by atoms with van der Waals surface area (Å²) in [6, 6.07) is 0.467. The van der Waals surface area contributed by atoms with Crippen LogP contribution in [0.1, 0.15) is 39.0 Å². The van der Waals surface area contributed by atoms with E-state index in [1.54, 1.807) is 0 Å². The molecule has 4 nitrogen and oxygen atoms in total. The van der Waals surface area contributed by atoms with Crippen molar-refractivity contribution in [2.45, 2.75) is 51.2 Å². The molecule has 0 saturated heterocycles. The highest BCUT2D eigenvalue weighted by Crippen LogP contribution is 2.17. The minimum absolute atomic E-state index is 0.0752. The molecule has 1 rings (SSSR count). The smallest absolute Gasteiger partial charge is 0.372 e. The van der Waals surface area contributed by atoms with Gasteiger partial charge in [-0.1, -0.05) is 12.8 Å². The van der Waals surface area contributed by atoms with E-state index in [1.807, 2.05) is 6.92 Å². The van der Waals surface area contributed by atoms with Gasteiger partial charge in [0.1, 0.15) is 6.61 Å². The molecule has 20 heavy (non-hydrogen) atoms. The van der Waals surface area contributed by atoms with Gasteiger partial charge < -0.3 is 15.4 Å². The van der Waals surface area contributed by atoms with Gasteiger partial charge in [-0.2, -0.15) is 13.2 Å². The highest BCUT2D eigenvalue weighted by molar-refractivity contribution is 5.80. The van der Waals surface area contributed by atoms with Crippen LogP contribution in [0.15, 0.2) is 4.99 Å². The van der Waals surface area contributed by atoms with E-state index in [4.69, 9.17) is 0 Å². The zero-order valence-electron chi connectivity index (χ0n) is 11.9. The second kappa shape index (κ2) is 9.05. The van der Waals surface area contributed by atoms with E-state index in [1.165, 1.54) is 12.8 Å². The summed E-state index contributed by atoms with van der Waals surface area (Å²) in [5, 5.41) is 6.49. The largest absolute Gasteiger partial charge is 0.411 e. The predicted molar refractivity (Wildman–Crippen MR) is 72.9 cm³/mol. The molecule has 2 N–H and O–H groups in total. The van der Waals surface area contributed by atoms with Crippen molar-refractivity contribution in [1.29, 1.82) is 0 Å². The molecular weight excluding hydrogens is 271 g/mol. The lowest BCUT2D eigenvalue weighted by atomic mass is 10.2. The van der Waals surface area contributed by atoms with Crippen LogP contribution in [0.4, 0.5) is 13.2 Å². The molecule has 1 saturated carbocycles. The van der Waals surface area contributed by atoms with Crippen molar-refractivity contribution >= 4 is 5.96 Å². The average Bonchev–Trinajstić information content (AvgIpc) is 2.85. The number of aliphatic imine (C=N–C) groups is 1. The van der Waals surface area contributed by atoms with Gasteiger partial charge in [0.05, 0.1) is 0 Å². The molecule has 7 heteroatoms. The molecule has 0 heterocycles. The third-order valence-corrected chi connectivity index (χ3v) is 3.02. The van der Waals surface area contributed by atoms with Gasteiger partial charge in [-0.25, -0.2) is 0 Å². The van der Waals surface area contributed by atoms with Gasteiger partial charge in [-0.15, -0.1) is 0 Å². The van der Waals surface area contributed by atoms with Crippen molar-refractivity contribution in [2.75, 3.05) is 26.3 Å². The Bertz CT molecular complexity index is 289. The van der Waals surface area contributed by atoms with E-state index in [0.717, 1.165) is 25.3 Å². The maximum absolute atomic E-state index is 11.8. The zero-order valence-corrected chi connectivity index (χ0v) is 11.9. The fraction of sp³-hybridized carbons (Fsp3) is 0.923. The standard InChI is InChI=1S/C13H24F3N3O/c1-2-17-12(19-11-6-3-4-7-11)18-8-5-9-20-10-13(14,15)16/h11H,2-10H2,1H3,(H2,17,18,19). The number of rotatable bonds is 7. The number of halogens is 3. The number of nitrogens with one attached hydrogen (secondary N) is 2. The summed E-state index contributed by atoms with van der Waals surface area (Å²) in [7, 11) is 0. The third-order valence-electron chi connectivity index (χ3n) is 3.02. The van der Waals surface area contributed by atoms with Crippen molar-refractivity contribution in [2.24, 2.45) is 4.99 Å². The van der Waals surface area contributed by atoms with Crippen molar-refractivity contribution < 1.29 is 17.9 Å². The monoisotopic (exact) mass is 295 g/mol. The molecule has 0 aromatic rings. The summed E-state index contributed by atoms with van der Waals surface area (Å²) in [5.74, 6) is 0.746. The molecule has 0 spiro atoms. The van der Waals surface area contributed by atoms with Gasteiger partial charge in [0.2, 0.25) is 0 Å². The summed E-state index contributed by atoms with van der Waals surface area (Å²) in [4.78, 5) is 4.34. The van der Waals surface area contributed by atoms with Gasteiger partial charge in [-0.05, 0) is 26.2 Å². The molecule has 0 atom stereocenters. The normalized spacial score (nSPS) is 17.5. The Morgan fingerprint density at radius 1 is 1.30 bits per heavy atom. The van der Waals surface area contributed by atoms with Crippen LogP contribution < -0.4 is 10.6 Å². The van der Waals surface area contributed by atoms with E-state index in [-0.39, 0.29) is 6.61 Å². The Hall–Kier alpha value is -0.980. The van der Waals surface area contributed by atoms with Crippen LogP contribution in [0, 0.1) is 0 Å². The first-order chi connectivity index (χ1) is 9.51. The van der Waals surface area contributed by atoms with Crippen molar-refractivity contribution in [3.05, 3.63) is 0 Å². The fourth-order valence-corrected chi connectivity index (χ4v) is 2.13. The van der Waals surface area contributed by atoms with Gasteiger partial charge >= 0.3 is 6.18 Å². The quantitative estimate of drug-likeness (QED) is 0.431. The lowest BCUT2D eigenvalue weighted by molar-refractivity contribution is -0.173. The first-order valence-corrected chi connectivity index (χ1v) is 7.20. The molecule has 1 aliphatic carbocycles. The number of hydrogen-bond acceptors (Lipinski definition) is 2. The number of alkyl halides is 3. The maximum Gasteiger partial charge on any atom is 0.411 e. The van der Waals surface area contributed by atoms with Crippen LogP contribution in [0.5, 0.6) is 0 Å². The van der Waals surface area contributed by atoms with Crippen LogP contribution in [0.3, 0.4) is 0 Å². The number of hydrogen-bond donors (Lipinski definition) is 2. The molecule has 118 valence electrons. The zero-order chi connectivity index (χ0) is 14.8. The molecular formula is C13H24F3N3O. The summed E-state index contributed by atoms with van der Waals surface area (Å²) in [6.45, 7) is 2.10. The van der Waals surface area contributed by atoms with Crippen molar-refractivity contribution in [3.8, 4) is 0 Å². The number of nitrogens with zero attached hydrogens (tertiary/aromatic N) is 1. The van der Waals surface area contributed by atoms with Crippen molar-refractivity contribution in [3.63, 3.8) is 0 Å². The molecule has 0 unspecified atom stereocenters. The molecule has 0 aromatic heterocycles. The predicted octanol–water partition coefficient (Wildman–Crippen LogP) is 2.45. The number of ether oxygens (including phenoxy) is 1. The Kier molecular flexibility index (Phi) is 7.72. The topological polar surface area (TPSA) is 45.7 Å². The maximum atomic E-state index is 11.8. The van der Waals surface area contributed by atoms with Gasteiger partial charge in [0.15, 0.2) is 5.96 Å². The molecule has 0 aliphatic heterocycles. The van der Waals surface area contributed by atoms with Crippen LogP contribution >= 0.6 is 0 Å². The second-order valence-electron chi connectivity index (χ2n) is 4.91. The molecule has 0 radical (unpaired) electrons. The van der Waals surface area contributed by atoms with Crippen LogP contribution in [-0.4, -0.2) is 44.5 Å². The van der Waals surface area contributed by atoms with Gasteiger partial charge in [0, 0.05) is 25.7 Å². The van der Waals surface area contributed by atoms with Crippen LogP contribution in [-0.2, 0) is 4.74 Å². The molecule has 0 bridgehead atoms. The van der Waals surface area contributed by atoms with E-state index in [9.17, 15) is 13.2 Å². The SMILES string of the molecule is CCNC(=NCCCOCC(F)(F)F)NC1CCCC1. The molecule has 1 aliphatic rings. The summed E-state index contributed by atoms with van der Waals surface area (Å²) in [5.41, 5.74) is 0. The second-order valence-corrected chi connectivity index (χ2v) is 4.91. The van der Waals surface area contributed by atoms with E-state index in [2.05, 4.69) is 20.4 Å². The summed E-state index contributed by atoms with van der Waals surface area (Å²) in [6.07, 6.45) is 1.02. The first kappa shape index (κ1) is 17.1. The first-order valence-electron chi connectivity index (χ1n) is 7.20. The Labute approximate surface area is 118 Å². The minimum Gasteiger partial charge on any atom is -0.372 e. The Morgan fingerprint density at radius 2 is 2.00 bits per heavy atom. The molecule has 0 aromatic carbocycles. The minimum atomic E-state index is -4.25. The average molecular weight is 295 g/mol. The molecule has 0 amide bonds. The highest BCUT2D eigenvalue weighted by Gasteiger charge is 2.27. The van der Waals surface area contributed by atoms with E-state index in [0.29, 0.717) is 19.0 Å². The summed E-state index contributed by atoms with van der Waals surface area (Å²) >= 11 is 0. The van der Waals surface area contributed by atoms with Gasteiger partial charge in [-0.3, -0.25) is 4.99 Å². The third kappa shape index (κ3) is 8.24. The van der Waals surface area contributed by atoms with Crippen molar-refractivity contribution in [1.82, 2.24) is 10.6 Å². The van der Waals surface area contributed by atoms with E-state index >= 15 is 0 Å².